The van der Waals surface area contributed by atoms with E-state index in [2.05, 4.69) is 0 Å². The van der Waals surface area contributed by atoms with Gasteiger partial charge in [-0.15, -0.1) is 0 Å². The van der Waals surface area contributed by atoms with Gasteiger partial charge >= 0.3 is 92.2 Å². The molecule has 0 aromatic rings. The summed E-state index contributed by atoms with van der Waals surface area (Å²) in [5.41, 5.74) is 0. The summed E-state index contributed by atoms with van der Waals surface area (Å²) in [5.74, 6) is 0. The monoisotopic (exact) mass is 516 g/mol. The quantitative estimate of drug-likeness (QED) is 0.286. The Morgan fingerprint density at radius 2 is 0.636 bits per heavy atom. The molecule has 0 spiro atoms. The van der Waals surface area contributed by atoms with E-state index in [0.29, 0.717) is 0 Å². The van der Waals surface area contributed by atoms with Crippen molar-refractivity contribution in [2.45, 2.75) is 0 Å². The maximum Gasteiger partial charge on any atom is 6.00 e. The van der Waals surface area contributed by atoms with E-state index in [1.54, 1.807) is 0 Å². The Bertz CT molecular complexity index is 124. The molecule has 0 amide bonds. The largest absolute Gasteiger partial charge is 6.00 e. The third-order valence-corrected chi connectivity index (χ3v) is 0. The number of rotatable bonds is 0. The Hall–Kier alpha value is 1.53. The third kappa shape index (κ3) is 448. The minimum absolute atomic E-state index is 0. The van der Waals surface area contributed by atoms with Crippen LogP contribution in [0.25, 0.3) is 0 Å². The average molecular weight is 516 g/mol. The molecule has 0 unspecified atom stereocenters. The summed E-state index contributed by atoms with van der Waals surface area (Å²) in [4.78, 5) is 0. The maximum absolute atomic E-state index is 8.61. The van der Waals surface area contributed by atoms with Gasteiger partial charge < -0.3 is 0 Å². The van der Waals surface area contributed by atoms with Crippen molar-refractivity contribution in [3.8, 4) is 0 Å². The molecule has 11 heavy (non-hydrogen) atoms. The van der Waals surface area contributed by atoms with Crippen LogP contribution in [0.5, 0.6) is 0 Å². The van der Waals surface area contributed by atoms with E-state index in [1.165, 1.54) is 0 Å². The second kappa shape index (κ2) is 6.98. The van der Waals surface area contributed by atoms with Crippen molar-refractivity contribution >= 4 is 29.0 Å². The van der Waals surface area contributed by atoms with E-state index < -0.39 is 29.0 Å². The molecule has 0 bridgehead atoms. The van der Waals surface area contributed by atoms with Gasteiger partial charge in [0.05, 0.1) is 0 Å². The Morgan fingerprint density at radius 1 is 0.636 bits per heavy atom. The minimum atomic E-state index is -5.88. The second-order valence-electron chi connectivity index (χ2n) is 0.894. The molecule has 8 nitrogen and oxygen atoms in total. The van der Waals surface area contributed by atoms with Gasteiger partial charge in [-0.2, -0.15) is 0 Å². The molecule has 0 aromatic heterocycles. The van der Waals surface area contributed by atoms with Crippen LogP contribution in [0.4, 0.5) is 0 Å². The predicted molar refractivity (Wildman–Crippen MR) is 12.9 cm³/mol. The Morgan fingerprint density at radius 3 is 0.636 bits per heavy atom. The predicted octanol–water partition coefficient (Wildman–Crippen LogP) is -8.13. The summed E-state index contributed by atoms with van der Waals surface area (Å²) >= 11 is -11.8. The zero-order chi connectivity index (χ0) is 9.00. The first-order chi connectivity index (χ1) is 4.00. The first kappa shape index (κ1) is 18.3. The fraction of sp³-hybridized carbons (Fsp3) is 0. The van der Waals surface area contributed by atoms with Gasteiger partial charge in [0.25, 0.3) is 0 Å². The molecule has 62 valence electrons. The Labute approximate surface area is 91.3 Å². The Balaban J connectivity index is -0.000000107. The summed E-state index contributed by atoms with van der Waals surface area (Å²) in [5, 5.41) is 0. The van der Waals surface area contributed by atoms with Crippen LogP contribution in [0.3, 0.4) is 0 Å². The van der Waals surface area contributed by atoms with Crippen LogP contribution >= 0.6 is 0 Å². The van der Waals surface area contributed by atoms with Crippen LogP contribution in [0.1, 0.15) is 0 Å². The first-order valence-corrected chi connectivity index (χ1v) is 7.59. The van der Waals surface area contributed by atoms with E-state index >= 15 is 0 Å². The number of hydrogen-bond acceptors (Lipinski definition) is 8. The first-order valence-electron chi connectivity index (χ1n) is 1.46. The molecule has 0 rings (SSSR count). The molecule has 0 saturated heterocycles. The van der Waals surface area contributed by atoms with Gasteiger partial charge in [0, 0.05) is 0 Å². The van der Waals surface area contributed by atoms with Gasteiger partial charge in [-0.25, -0.2) is 0 Å². The van der Waals surface area contributed by atoms with Crippen molar-refractivity contribution in [2.75, 3.05) is 0 Å². The second-order valence-corrected chi connectivity index (χ2v) is 4.65. The molecule has 0 atom stereocenters. The van der Waals surface area contributed by atoms with Crippen molar-refractivity contribution in [3.05, 3.63) is 0 Å². The van der Waals surface area contributed by atoms with E-state index in [-0.39, 0.29) is 31.1 Å². The molecular formula is As2O8U. The van der Waals surface area contributed by atoms with E-state index in [9.17, 15) is 0 Å². The molecule has 0 aliphatic heterocycles. The minimum Gasteiger partial charge on any atom is 6.00 e. The van der Waals surface area contributed by atoms with Crippen molar-refractivity contribution in [3.63, 3.8) is 0 Å². The van der Waals surface area contributed by atoms with E-state index in [0.717, 1.165) is 0 Å². The van der Waals surface area contributed by atoms with E-state index in [4.69, 9.17) is 32.1 Å². The van der Waals surface area contributed by atoms with Crippen LogP contribution in [0, 0.1) is 31.1 Å². The Kier molecular flexibility index (Phi) is 11.6. The van der Waals surface area contributed by atoms with Crippen LogP contribution in [-0.4, -0.2) is 29.0 Å². The molecule has 0 aromatic carbocycles. The van der Waals surface area contributed by atoms with Crippen LogP contribution in [0.2, 0.25) is 0 Å². The topological polar surface area (TPSA) is 172 Å². The molecule has 0 heterocycles. The SMILES string of the molecule is O=[As]([O-])([O-])[O-].O=[As]([O-])([O-])[O-].[U+6]. The summed E-state index contributed by atoms with van der Waals surface area (Å²) in [7, 11) is 0. The third-order valence-electron chi connectivity index (χ3n) is 0. The zero-order valence-corrected chi connectivity index (χ0v) is 12.6. The fourth-order valence-corrected chi connectivity index (χ4v) is 0. The van der Waals surface area contributed by atoms with E-state index in [1.807, 2.05) is 0 Å². The smallest absolute Gasteiger partial charge is 6.00 e. The summed E-state index contributed by atoms with van der Waals surface area (Å²) < 4.78 is 68.9. The number of hydrogen-bond donors (Lipinski definition) is 0. The molecule has 0 aliphatic carbocycles. The molecular weight excluding hydrogens is 516 g/mol. The van der Waals surface area contributed by atoms with Gasteiger partial charge in [0.15, 0.2) is 0 Å². The summed E-state index contributed by atoms with van der Waals surface area (Å²) in [6.45, 7) is 0. The average Bonchev–Trinajstić information content (AvgIpc) is 1.12. The van der Waals surface area contributed by atoms with Gasteiger partial charge in [-0.1, -0.05) is 0 Å². The molecule has 0 aliphatic rings. The zero-order valence-electron chi connectivity index (χ0n) is 4.66. The fourth-order valence-electron chi connectivity index (χ4n) is 0. The van der Waals surface area contributed by atoms with Crippen LogP contribution < -0.4 is 24.6 Å². The van der Waals surface area contributed by atoms with Crippen molar-refractivity contribution < 1.29 is 63.2 Å². The van der Waals surface area contributed by atoms with Gasteiger partial charge in [-0.3, -0.25) is 0 Å². The van der Waals surface area contributed by atoms with Crippen LogP contribution in [0.15, 0.2) is 0 Å². The standard InChI is InChI=1S/2AsH3O4.U/c2*2-1(3,4)5;/h2*(H3,2,3,4,5);/q;;+6/p-6. The van der Waals surface area contributed by atoms with Crippen molar-refractivity contribution in [2.24, 2.45) is 0 Å². The summed E-state index contributed by atoms with van der Waals surface area (Å²) in [6, 6.07) is 0. The maximum atomic E-state index is 8.61. The molecule has 0 radical (unpaired) electrons. The van der Waals surface area contributed by atoms with Gasteiger partial charge in [0.1, 0.15) is 0 Å². The van der Waals surface area contributed by atoms with Gasteiger partial charge in [-0.05, 0) is 0 Å². The van der Waals surface area contributed by atoms with Crippen LogP contribution in [-0.2, 0) is 7.48 Å². The molecule has 0 fully saturated rings. The summed E-state index contributed by atoms with van der Waals surface area (Å²) in [6.07, 6.45) is 0. The van der Waals surface area contributed by atoms with Crippen molar-refractivity contribution in [1.82, 2.24) is 0 Å². The van der Waals surface area contributed by atoms with Gasteiger partial charge in [0.2, 0.25) is 0 Å². The molecule has 0 N–H and O–H groups in total. The van der Waals surface area contributed by atoms with Crippen molar-refractivity contribution in [1.29, 1.82) is 0 Å². The molecule has 11 heteroatoms. The molecule has 0 saturated carbocycles. The normalized spacial score (nSPS) is 10.7.